The number of nitriles is 1. The number of methoxy groups -OCH3 is 1. The van der Waals surface area contributed by atoms with Gasteiger partial charge in [-0.25, -0.2) is 0 Å². The van der Waals surface area contributed by atoms with E-state index in [2.05, 4.69) is 5.32 Å². The lowest BCUT2D eigenvalue weighted by molar-refractivity contribution is -0.137. The molecule has 21 heavy (non-hydrogen) atoms. The Morgan fingerprint density at radius 2 is 2.19 bits per heavy atom. The van der Waals surface area contributed by atoms with Crippen LogP contribution in [0.2, 0.25) is 0 Å². The summed E-state index contributed by atoms with van der Waals surface area (Å²) in [6.45, 7) is 0.260. The van der Waals surface area contributed by atoms with Gasteiger partial charge in [-0.2, -0.15) is 18.4 Å². The van der Waals surface area contributed by atoms with Crippen molar-refractivity contribution in [1.29, 1.82) is 5.26 Å². The van der Waals surface area contributed by atoms with Gasteiger partial charge in [-0.1, -0.05) is 0 Å². The molecule has 0 aliphatic carbocycles. The molecule has 0 aliphatic rings. The summed E-state index contributed by atoms with van der Waals surface area (Å²) >= 11 is 0. The highest BCUT2D eigenvalue weighted by Gasteiger charge is 2.34. The van der Waals surface area contributed by atoms with E-state index >= 15 is 0 Å². The maximum atomic E-state index is 12.8. The molecule has 114 valence electrons. The third-order valence-corrected chi connectivity index (χ3v) is 2.68. The molecule has 1 aromatic rings. The van der Waals surface area contributed by atoms with Crippen LogP contribution >= 0.6 is 0 Å². The molecule has 8 heteroatoms. The van der Waals surface area contributed by atoms with Crippen LogP contribution in [0, 0.1) is 11.3 Å². The van der Waals surface area contributed by atoms with Gasteiger partial charge in [-0.05, 0) is 24.6 Å². The number of amides is 1. The van der Waals surface area contributed by atoms with Crippen molar-refractivity contribution in [1.82, 2.24) is 0 Å². The molecule has 0 heterocycles. The molecule has 0 aliphatic heterocycles. The first-order valence-electron chi connectivity index (χ1n) is 5.96. The summed E-state index contributed by atoms with van der Waals surface area (Å²) in [4.78, 5) is 11.7. The standard InChI is InChI=1S/C13H14F3N3O2/c1-21-5-4-11(18)12(20)19-9-3-2-8(7-17)10(6-9)13(14,15)16/h2-3,6,11H,4-5,18H2,1H3,(H,19,20). The Labute approximate surface area is 119 Å². The van der Waals surface area contributed by atoms with Crippen LogP contribution in [0.15, 0.2) is 18.2 Å². The van der Waals surface area contributed by atoms with Crippen molar-refractivity contribution in [2.45, 2.75) is 18.6 Å². The van der Waals surface area contributed by atoms with E-state index in [1.54, 1.807) is 0 Å². The van der Waals surface area contributed by atoms with Gasteiger partial charge in [-0.15, -0.1) is 0 Å². The molecule has 0 saturated heterocycles. The van der Waals surface area contributed by atoms with Gasteiger partial charge in [-0.3, -0.25) is 4.79 Å². The van der Waals surface area contributed by atoms with Crippen molar-refractivity contribution in [3.63, 3.8) is 0 Å². The van der Waals surface area contributed by atoms with Crippen molar-refractivity contribution >= 4 is 11.6 Å². The number of halogens is 3. The molecule has 1 unspecified atom stereocenters. The number of benzene rings is 1. The summed E-state index contributed by atoms with van der Waals surface area (Å²) in [5.74, 6) is -0.620. The SMILES string of the molecule is COCCC(N)C(=O)Nc1ccc(C#N)c(C(F)(F)F)c1. The van der Waals surface area contributed by atoms with Gasteiger partial charge in [0.1, 0.15) is 0 Å². The Morgan fingerprint density at radius 1 is 1.52 bits per heavy atom. The second-order valence-electron chi connectivity index (χ2n) is 4.25. The zero-order valence-corrected chi connectivity index (χ0v) is 11.2. The molecule has 0 bridgehead atoms. The van der Waals surface area contributed by atoms with Crippen LogP contribution in [-0.4, -0.2) is 25.7 Å². The van der Waals surface area contributed by atoms with Gasteiger partial charge in [0.25, 0.3) is 0 Å². The minimum Gasteiger partial charge on any atom is -0.385 e. The van der Waals surface area contributed by atoms with E-state index in [1.807, 2.05) is 0 Å². The zero-order valence-electron chi connectivity index (χ0n) is 11.2. The van der Waals surface area contributed by atoms with E-state index < -0.39 is 29.3 Å². The van der Waals surface area contributed by atoms with Crippen molar-refractivity contribution in [3.05, 3.63) is 29.3 Å². The fourth-order valence-electron chi connectivity index (χ4n) is 1.56. The molecular formula is C13H14F3N3O2. The molecule has 0 fully saturated rings. The highest BCUT2D eigenvalue weighted by Crippen LogP contribution is 2.33. The van der Waals surface area contributed by atoms with Gasteiger partial charge in [0.2, 0.25) is 5.91 Å². The number of nitrogens with two attached hydrogens (primary N) is 1. The van der Waals surface area contributed by atoms with Gasteiger partial charge in [0.05, 0.1) is 23.2 Å². The van der Waals surface area contributed by atoms with E-state index in [-0.39, 0.29) is 18.7 Å². The Morgan fingerprint density at radius 3 is 2.71 bits per heavy atom. The second-order valence-corrected chi connectivity index (χ2v) is 4.25. The largest absolute Gasteiger partial charge is 0.417 e. The second kappa shape index (κ2) is 7.06. The number of ether oxygens (including phenoxy) is 1. The van der Waals surface area contributed by atoms with E-state index in [9.17, 15) is 18.0 Å². The fourth-order valence-corrected chi connectivity index (χ4v) is 1.56. The molecule has 0 aromatic heterocycles. The number of carbonyl (C=O) groups is 1. The predicted molar refractivity (Wildman–Crippen MR) is 69.3 cm³/mol. The maximum absolute atomic E-state index is 12.8. The van der Waals surface area contributed by atoms with E-state index in [1.165, 1.54) is 19.2 Å². The smallest absolute Gasteiger partial charge is 0.385 e. The first kappa shape index (κ1) is 16.9. The number of hydrogen-bond donors (Lipinski definition) is 2. The normalized spacial score (nSPS) is 12.6. The van der Waals surface area contributed by atoms with Crippen LogP contribution in [0.4, 0.5) is 18.9 Å². The minimum atomic E-state index is -4.68. The molecule has 0 radical (unpaired) electrons. The molecular weight excluding hydrogens is 287 g/mol. The molecule has 0 saturated carbocycles. The molecule has 1 aromatic carbocycles. The first-order chi connectivity index (χ1) is 9.79. The van der Waals surface area contributed by atoms with Crippen LogP contribution < -0.4 is 11.1 Å². The number of nitrogens with one attached hydrogen (secondary N) is 1. The maximum Gasteiger partial charge on any atom is 0.417 e. The predicted octanol–water partition coefficient (Wildman–Crippen LogP) is 1.88. The molecule has 0 spiro atoms. The quantitative estimate of drug-likeness (QED) is 0.869. The van der Waals surface area contributed by atoms with Gasteiger partial charge in [0, 0.05) is 19.4 Å². The summed E-state index contributed by atoms with van der Waals surface area (Å²) in [6.07, 6.45) is -4.44. The van der Waals surface area contributed by atoms with Crippen LogP contribution in [-0.2, 0) is 15.7 Å². The number of rotatable bonds is 5. The molecule has 3 N–H and O–H groups in total. The number of anilines is 1. The summed E-state index contributed by atoms with van der Waals surface area (Å²) in [6, 6.07) is 3.49. The third-order valence-electron chi connectivity index (χ3n) is 2.68. The zero-order chi connectivity index (χ0) is 16.0. The van der Waals surface area contributed by atoms with E-state index in [4.69, 9.17) is 15.7 Å². The Kier molecular flexibility index (Phi) is 5.69. The van der Waals surface area contributed by atoms with Crippen LogP contribution in [0.3, 0.4) is 0 Å². The van der Waals surface area contributed by atoms with Crippen LogP contribution in [0.25, 0.3) is 0 Å². The number of alkyl halides is 3. The van der Waals surface area contributed by atoms with Crippen molar-refractivity contribution in [3.8, 4) is 6.07 Å². The van der Waals surface area contributed by atoms with E-state index in [0.717, 1.165) is 6.07 Å². The summed E-state index contributed by atoms with van der Waals surface area (Å²) in [5, 5.41) is 11.0. The van der Waals surface area contributed by atoms with Crippen molar-refractivity contribution in [2.75, 3.05) is 19.0 Å². The fraction of sp³-hybridized carbons (Fsp3) is 0.385. The molecule has 5 nitrogen and oxygen atoms in total. The average molecular weight is 301 g/mol. The lowest BCUT2D eigenvalue weighted by Crippen LogP contribution is -2.36. The van der Waals surface area contributed by atoms with Gasteiger partial charge < -0.3 is 15.8 Å². The topological polar surface area (TPSA) is 88.1 Å². The Hall–Kier alpha value is -2.11. The molecule has 1 amide bonds. The van der Waals surface area contributed by atoms with Crippen LogP contribution in [0.1, 0.15) is 17.5 Å². The summed E-state index contributed by atoms with van der Waals surface area (Å²) < 4.78 is 43.1. The highest BCUT2D eigenvalue weighted by molar-refractivity contribution is 5.94. The monoisotopic (exact) mass is 301 g/mol. The third kappa shape index (κ3) is 4.73. The average Bonchev–Trinajstić information content (AvgIpc) is 2.43. The molecule has 1 rings (SSSR count). The molecule has 1 atom stereocenters. The Balaban J connectivity index is 2.91. The van der Waals surface area contributed by atoms with Gasteiger partial charge >= 0.3 is 6.18 Å². The van der Waals surface area contributed by atoms with Crippen molar-refractivity contribution in [2.24, 2.45) is 5.73 Å². The minimum absolute atomic E-state index is 0.0702. The summed E-state index contributed by atoms with van der Waals surface area (Å²) in [5.41, 5.74) is 3.88. The van der Waals surface area contributed by atoms with Crippen LogP contribution in [0.5, 0.6) is 0 Å². The summed E-state index contributed by atoms with van der Waals surface area (Å²) in [7, 11) is 1.45. The van der Waals surface area contributed by atoms with E-state index in [0.29, 0.717) is 6.07 Å². The van der Waals surface area contributed by atoms with Gasteiger partial charge in [0.15, 0.2) is 0 Å². The Bertz CT molecular complexity index is 553. The first-order valence-corrected chi connectivity index (χ1v) is 5.96. The number of hydrogen-bond acceptors (Lipinski definition) is 4. The lowest BCUT2D eigenvalue weighted by atomic mass is 10.1. The van der Waals surface area contributed by atoms with Crippen molar-refractivity contribution < 1.29 is 22.7 Å². The highest BCUT2D eigenvalue weighted by atomic mass is 19.4. The number of carbonyl (C=O) groups excluding carboxylic acids is 1. The lowest BCUT2D eigenvalue weighted by Gasteiger charge is -2.14. The number of nitrogens with zero attached hydrogens (tertiary/aromatic N) is 1.